The molecule has 1 aromatic carbocycles. The van der Waals surface area contributed by atoms with E-state index < -0.39 is 0 Å². The highest BCUT2D eigenvalue weighted by atomic mass is 16.3. The molecule has 1 aromatic heterocycles. The first-order chi connectivity index (χ1) is 16.6. The number of Topliss-reactive ketones (excluding diaryl/α,β-unsaturated/α-hetero) is 1. The smallest absolute Gasteiger partial charge is 0.199 e. The number of benzene rings is 1. The molecule has 2 aromatic rings. The van der Waals surface area contributed by atoms with Crippen molar-refractivity contribution in [1.82, 2.24) is 4.98 Å². The quantitative estimate of drug-likeness (QED) is 0.254. The van der Waals surface area contributed by atoms with Crippen molar-refractivity contribution in [3.8, 4) is 5.88 Å². The molecule has 3 nitrogen and oxygen atoms in total. The van der Waals surface area contributed by atoms with Gasteiger partial charge in [0.15, 0.2) is 11.7 Å². The highest BCUT2D eigenvalue weighted by molar-refractivity contribution is 6.01. The molecule has 2 aliphatic carbocycles. The summed E-state index contributed by atoms with van der Waals surface area (Å²) in [5.74, 6) is 0.880. The van der Waals surface area contributed by atoms with Gasteiger partial charge in [-0.25, -0.2) is 0 Å². The second-order valence-corrected chi connectivity index (χ2v) is 11.4. The number of rotatable bonds is 6. The van der Waals surface area contributed by atoms with Crippen molar-refractivity contribution in [2.75, 3.05) is 0 Å². The fraction of sp³-hybridized carbons (Fsp3) is 0.469. The Labute approximate surface area is 211 Å². The first-order valence-corrected chi connectivity index (χ1v) is 13.1. The lowest BCUT2D eigenvalue weighted by atomic mass is 9.52. The molecule has 0 amide bonds. The second kappa shape index (κ2) is 10.0. The van der Waals surface area contributed by atoms with Crippen LogP contribution < -0.4 is 0 Å². The van der Waals surface area contributed by atoms with Crippen molar-refractivity contribution in [3.05, 3.63) is 88.2 Å². The van der Waals surface area contributed by atoms with E-state index in [0.717, 1.165) is 30.5 Å². The van der Waals surface area contributed by atoms with Crippen molar-refractivity contribution < 1.29 is 9.90 Å². The third kappa shape index (κ3) is 5.10. The van der Waals surface area contributed by atoms with Crippen molar-refractivity contribution in [1.29, 1.82) is 0 Å². The van der Waals surface area contributed by atoms with Crippen molar-refractivity contribution in [3.63, 3.8) is 0 Å². The SMILES string of the molecule is C/C=C(C)/C=C(\C)[C@@H]1C(C)=C[C@]2(C)C[C@H](C)CC[C@H]2[C@@H]1C(=O)c1cc(Cc2ccccc2)[nH]c1O. The highest BCUT2D eigenvalue weighted by Gasteiger charge is 2.51. The van der Waals surface area contributed by atoms with E-state index in [2.05, 4.69) is 76.9 Å². The average molecular weight is 472 g/mol. The molecular formula is C32H41NO2. The van der Waals surface area contributed by atoms with Gasteiger partial charge >= 0.3 is 0 Å². The van der Waals surface area contributed by atoms with Crippen LogP contribution in [-0.4, -0.2) is 15.9 Å². The van der Waals surface area contributed by atoms with Crippen LogP contribution in [0.3, 0.4) is 0 Å². The Morgan fingerprint density at radius 1 is 1.20 bits per heavy atom. The van der Waals surface area contributed by atoms with Crippen LogP contribution in [0.5, 0.6) is 5.88 Å². The van der Waals surface area contributed by atoms with Crippen LogP contribution in [0.4, 0.5) is 0 Å². The number of aromatic nitrogens is 1. The Bertz CT molecular complexity index is 1170. The standard InChI is InChI=1S/C32H41NO2/c1-7-20(2)15-22(4)28-23(5)19-32(6)18-21(3)13-14-27(32)29(28)30(34)26-17-25(33-31(26)35)16-24-11-9-8-10-12-24/h7-12,15,17,19,21,27-29,33,35H,13-14,16,18H2,1-6H3/b20-7+,22-15+/t21-,27+,28-,29+,32+/m1/s1. The predicted molar refractivity (Wildman–Crippen MR) is 145 cm³/mol. The van der Waals surface area contributed by atoms with E-state index in [1.165, 1.54) is 16.7 Å². The summed E-state index contributed by atoms with van der Waals surface area (Å²) in [5, 5.41) is 10.9. The summed E-state index contributed by atoms with van der Waals surface area (Å²) in [5.41, 5.74) is 6.19. The van der Waals surface area contributed by atoms with Crippen molar-refractivity contribution in [2.24, 2.45) is 29.1 Å². The number of aromatic hydroxyl groups is 1. The zero-order valence-electron chi connectivity index (χ0n) is 22.2. The molecule has 0 saturated heterocycles. The first-order valence-electron chi connectivity index (χ1n) is 13.1. The maximum atomic E-state index is 14.3. The summed E-state index contributed by atoms with van der Waals surface area (Å²) in [4.78, 5) is 17.4. The number of aromatic amines is 1. The molecule has 35 heavy (non-hydrogen) atoms. The molecule has 5 atom stereocenters. The molecule has 2 N–H and O–H groups in total. The van der Waals surface area contributed by atoms with E-state index in [-0.39, 0.29) is 34.8 Å². The number of allylic oxidation sites excluding steroid dienone is 6. The number of carbonyl (C=O) groups excluding carboxylic acids is 1. The Balaban J connectivity index is 1.76. The number of ketones is 1. The number of nitrogens with one attached hydrogen (secondary N) is 1. The summed E-state index contributed by atoms with van der Waals surface area (Å²) >= 11 is 0. The maximum Gasteiger partial charge on any atom is 0.199 e. The van der Waals surface area contributed by atoms with E-state index >= 15 is 0 Å². The van der Waals surface area contributed by atoms with E-state index in [4.69, 9.17) is 0 Å². The van der Waals surface area contributed by atoms with Gasteiger partial charge in [0.1, 0.15) is 0 Å². The van der Waals surface area contributed by atoms with Gasteiger partial charge in [-0.05, 0) is 69.4 Å². The van der Waals surface area contributed by atoms with Crippen LogP contribution in [0.15, 0.2) is 71.3 Å². The van der Waals surface area contributed by atoms with E-state index in [1.54, 1.807) is 0 Å². The molecule has 0 aliphatic heterocycles. The fourth-order valence-corrected chi connectivity index (χ4v) is 6.96. The first kappa shape index (κ1) is 25.3. The third-order valence-corrected chi connectivity index (χ3v) is 8.51. The monoisotopic (exact) mass is 471 g/mol. The van der Waals surface area contributed by atoms with E-state index in [0.29, 0.717) is 17.9 Å². The molecule has 1 saturated carbocycles. The fourth-order valence-electron chi connectivity index (χ4n) is 6.96. The minimum atomic E-state index is -0.176. The zero-order chi connectivity index (χ0) is 25.3. The van der Waals surface area contributed by atoms with Gasteiger partial charge in [0.2, 0.25) is 0 Å². The molecule has 0 radical (unpaired) electrons. The Kier molecular flexibility index (Phi) is 7.26. The van der Waals surface area contributed by atoms with Gasteiger partial charge in [-0.3, -0.25) is 4.79 Å². The Morgan fingerprint density at radius 2 is 1.91 bits per heavy atom. The topological polar surface area (TPSA) is 53.1 Å². The normalized spacial score (nSPS) is 29.5. The van der Waals surface area contributed by atoms with Gasteiger partial charge in [0, 0.05) is 24.0 Å². The largest absolute Gasteiger partial charge is 0.494 e. The molecule has 1 heterocycles. The van der Waals surface area contributed by atoms with Crippen LogP contribution in [0, 0.1) is 29.1 Å². The van der Waals surface area contributed by atoms with Crippen LogP contribution in [0.25, 0.3) is 0 Å². The summed E-state index contributed by atoms with van der Waals surface area (Å²) in [7, 11) is 0. The molecular weight excluding hydrogens is 430 g/mol. The Morgan fingerprint density at radius 3 is 2.60 bits per heavy atom. The average Bonchev–Trinajstić information content (AvgIpc) is 3.17. The summed E-state index contributed by atoms with van der Waals surface area (Å²) in [6.07, 6.45) is 10.8. The molecule has 0 spiro atoms. The van der Waals surface area contributed by atoms with Crippen molar-refractivity contribution in [2.45, 2.75) is 67.2 Å². The molecule has 0 unspecified atom stereocenters. The van der Waals surface area contributed by atoms with Gasteiger partial charge in [-0.1, -0.05) is 85.5 Å². The number of hydrogen-bond acceptors (Lipinski definition) is 2. The van der Waals surface area contributed by atoms with Crippen molar-refractivity contribution >= 4 is 5.78 Å². The number of H-pyrrole nitrogens is 1. The molecule has 3 heteroatoms. The lowest BCUT2D eigenvalue weighted by Gasteiger charge is -2.52. The minimum Gasteiger partial charge on any atom is -0.494 e. The third-order valence-electron chi connectivity index (χ3n) is 8.51. The molecule has 186 valence electrons. The van der Waals surface area contributed by atoms with Gasteiger partial charge in [-0.15, -0.1) is 0 Å². The molecule has 4 rings (SSSR count). The predicted octanol–water partition coefficient (Wildman–Crippen LogP) is 8.04. The number of fused-ring (bicyclic) bond motifs is 1. The Hall–Kier alpha value is -2.81. The number of carbonyl (C=O) groups is 1. The molecule has 2 aliphatic rings. The highest BCUT2D eigenvalue weighted by Crippen LogP contribution is 2.56. The van der Waals surface area contributed by atoms with E-state index in [9.17, 15) is 9.90 Å². The van der Waals surface area contributed by atoms with Gasteiger partial charge in [0.25, 0.3) is 0 Å². The van der Waals surface area contributed by atoms with Gasteiger partial charge in [-0.2, -0.15) is 0 Å². The second-order valence-electron chi connectivity index (χ2n) is 11.4. The molecule has 0 bridgehead atoms. The van der Waals surface area contributed by atoms with Gasteiger partial charge < -0.3 is 10.1 Å². The summed E-state index contributed by atoms with van der Waals surface area (Å²) in [6.45, 7) is 13.2. The van der Waals surface area contributed by atoms with E-state index in [1.807, 2.05) is 24.3 Å². The lowest BCUT2D eigenvalue weighted by Crippen LogP contribution is -2.47. The summed E-state index contributed by atoms with van der Waals surface area (Å²) in [6, 6.07) is 12.0. The van der Waals surface area contributed by atoms with Crippen LogP contribution in [0.2, 0.25) is 0 Å². The summed E-state index contributed by atoms with van der Waals surface area (Å²) < 4.78 is 0. The lowest BCUT2D eigenvalue weighted by molar-refractivity contribution is 0.0408. The zero-order valence-corrected chi connectivity index (χ0v) is 22.2. The van der Waals surface area contributed by atoms with Crippen LogP contribution in [0.1, 0.15) is 82.4 Å². The van der Waals surface area contributed by atoms with Crippen LogP contribution in [-0.2, 0) is 6.42 Å². The van der Waals surface area contributed by atoms with Crippen LogP contribution >= 0.6 is 0 Å². The maximum absolute atomic E-state index is 14.3. The minimum absolute atomic E-state index is 0.00374. The van der Waals surface area contributed by atoms with Gasteiger partial charge in [0.05, 0.1) is 5.56 Å². The molecule has 1 fully saturated rings. The number of hydrogen-bond donors (Lipinski definition) is 2.